The van der Waals surface area contributed by atoms with Crippen molar-refractivity contribution in [2.75, 3.05) is 14.1 Å². The van der Waals surface area contributed by atoms with Gasteiger partial charge >= 0.3 is 0 Å². The molecule has 2 amide bonds. The molecule has 2 aromatic rings. The Kier molecular flexibility index (Phi) is 5.67. The molecule has 0 bridgehead atoms. The second kappa shape index (κ2) is 7.71. The van der Waals surface area contributed by atoms with Gasteiger partial charge < -0.3 is 15.2 Å². The van der Waals surface area contributed by atoms with E-state index in [-0.39, 0.29) is 18.2 Å². The summed E-state index contributed by atoms with van der Waals surface area (Å²) in [6, 6.07) is 1.37. The number of hydrogen-bond donors (Lipinski definition) is 2. The van der Waals surface area contributed by atoms with Gasteiger partial charge in [-0.2, -0.15) is 0 Å². The van der Waals surface area contributed by atoms with Crippen molar-refractivity contribution in [3.8, 4) is 0 Å². The van der Waals surface area contributed by atoms with E-state index < -0.39 is 6.04 Å². The Morgan fingerprint density at radius 3 is 2.83 bits per heavy atom. The predicted octanol–water partition coefficient (Wildman–Crippen LogP) is 1.26. The molecule has 0 aliphatic heterocycles. The fourth-order valence-electron chi connectivity index (χ4n) is 2.38. The van der Waals surface area contributed by atoms with Crippen LogP contribution in [0.2, 0.25) is 0 Å². The molecular weight excluding hydrogens is 294 g/mol. The number of nitrogens with zero attached hydrogens (tertiary/aromatic N) is 3. The lowest BCUT2D eigenvalue weighted by Crippen LogP contribution is -2.46. The van der Waals surface area contributed by atoms with Crippen LogP contribution in [-0.2, 0) is 16.0 Å². The van der Waals surface area contributed by atoms with Crippen LogP contribution >= 0.6 is 0 Å². The number of aryl methyl sites for hydroxylation is 1. The minimum atomic E-state index is -0.456. The molecule has 124 valence electrons. The van der Waals surface area contributed by atoms with Crippen LogP contribution in [0.25, 0.3) is 11.0 Å². The molecule has 7 heteroatoms. The molecule has 2 rings (SSSR count). The van der Waals surface area contributed by atoms with Crippen LogP contribution in [0.3, 0.4) is 0 Å². The molecule has 7 nitrogen and oxygen atoms in total. The normalized spacial score (nSPS) is 12.1. The fourth-order valence-corrected chi connectivity index (χ4v) is 2.38. The molecule has 23 heavy (non-hydrogen) atoms. The first kappa shape index (κ1) is 16.9. The third kappa shape index (κ3) is 4.51. The second-order valence-electron chi connectivity index (χ2n) is 5.72. The van der Waals surface area contributed by atoms with E-state index in [9.17, 15) is 9.59 Å². The van der Waals surface area contributed by atoms with Gasteiger partial charge in [0.15, 0.2) is 0 Å². The lowest BCUT2D eigenvalue weighted by molar-refractivity contribution is -0.134. The fraction of sp³-hybridized carbons (Fsp3) is 0.500. The lowest BCUT2D eigenvalue weighted by atomic mass is 10.1. The van der Waals surface area contributed by atoms with Gasteiger partial charge in [-0.15, -0.1) is 0 Å². The summed E-state index contributed by atoms with van der Waals surface area (Å²) in [5.41, 5.74) is 1.69. The number of fused-ring (bicyclic) bond motifs is 1. The molecule has 2 heterocycles. The molecule has 0 radical (unpaired) electrons. The summed E-state index contributed by atoms with van der Waals surface area (Å²) in [6.45, 7) is 1.99. The number of imidazole rings is 1. The number of amides is 2. The Balaban J connectivity index is 1.91. The van der Waals surface area contributed by atoms with Gasteiger partial charge in [0.25, 0.3) is 0 Å². The summed E-state index contributed by atoms with van der Waals surface area (Å²) in [5, 5.41) is 2.82. The standard InChI is InChI=1S/C16H23N5O2/c1-4-5-12(16(23)21(2)3)20-15(22)7-6-14-18-11-8-9-17-10-13(11)19-14/h8-10,12H,4-7H2,1-3H3,(H,18,19)(H,20,22). The number of nitrogens with one attached hydrogen (secondary N) is 2. The van der Waals surface area contributed by atoms with E-state index in [1.54, 1.807) is 26.5 Å². The molecule has 0 fully saturated rings. The van der Waals surface area contributed by atoms with E-state index in [4.69, 9.17) is 0 Å². The highest BCUT2D eigenvalue weighted by Crippen LogP contribution is 2.10. The number of aromatic amines is 1. The molecule has 0 aromatic carbocycles. The third-order valence-electron chi connectivity index (χ3n) is 3.57. The summed E-state index contributed by atoms with van der Waals surface area (Å²) in [5.74, 6) is 0.529. The SMILES string of the molecule is CCCC(NC(=O)CCc1nc2ccncc2[nH]1)C(=O)N(C)C. The first-order valence-corrected chi connectivity index (χ1v) is 7.80. The van der Waals surface area contributed by atoms with Crippen molar-refractivity contribution in [1.29, 1.82) is 0 Å². The highest BCUT2D eigenvalue weighted by Gasteiger charge is 2.21. The Labute approximate surface area is 135 Å². The molecule has 2 N–H and O–H groups in total. The number of hydrogen-bond acceptors (Lipinski definition) is 4. The number of aromatic nitrogens is 3. The molecule has 1 unspecified atom stereocenters. The third-order valence-corrected chi connectivity index (χ3v) is 3.57. The van der Waals surface area contributed by atoms with Crippen molar-refractivity contribution in [2.45, 2.75) is 38.6 Å². The van der Waals surface area contributed by atoms with E-state index in [0.717, 1.165) is 23.3 Å². The van der Waals surface area contributed by atoms with Crippen molar-refractivity contribution in [1.82, 2.24) is 25.2 Å². The van der Waals surface area contributed by atoms with Crippen LogP contribution in [0.5, 0.6) is 0 Å². The summed E-state index contributed by atoms with van der Waals surface area (Å²) >= 11 is 0. The lowest BCUT2D eigenvalue weighted by Gasteiger charge is -2.21. The molecular formula is C16H23N5O2. The van der Waals surface area contributed by atoms with E-state index in [1.165, 1.54) is 4.90 Å². The molecule has 0 aliphatic carbocycles. The Morgan fingerprint density at radius 1 is 1.39 bits per heavy atom. The van der Waals surface area contributed by atoms with Crippen LogP contribution in [0.1, 0.15) is 32.0 Å². The average Bonchev–Trinajstić information content (AvgIpc) is 2.94. The maximum atomic E-state index is 12.1. The van der Waals surface area contributed by atoms with Crippen LogP contribution in [-0.4, -0.2) is 51.8 Å². The first-order chi connectivity index (χ1) is 11.0. The number of carbonyl (C=O) groups is 2. The van der Waals surface area contributed by atoms with Crippen LogP contribution in [0, 0.1) is 0 Å². The smallest absolute Gasteiger partial charge is 0.244 e. The topological polar surface area (TPSA) is 91.0 Å². The molecule has 0 spiro atoms. The van der Waals surface area contributed by atoms with Gasteiger partial charge in [0, 0.05) is 33.1 Å². The van der Waals surface area contributed by atoms with Gasteiger partial charge in [-0.05, 0) is 12.5 Å². The van der Waals surface area contributed by atoms with Gasteiger partial charge in [-0.1, -0.05) is 13.3 Å². The van der Waals surface area contributed by atoms with Gasteiger partial charge in [0.05, 0.1) is 17.2 Å². The van der Waals surface area contributed by atoms with E-state index in [1.807, 2.05) is 13.0 Å². The number of rotatable bonds is 7. The first-order valence-electron chi connectivity index (χ1n) is 7.80. The van der Waals surface area contributed by atoms with Gasteiger partial charge in [-0.25, -0.2) is 4.98 Å². The van der Waals surface area contributed by atoms with Crippen molar-refractivity contribution in [3.05, 3.63) is 24.3 Å². The van der Waals surface area contributed by atoms with Crippen LogP contribution in [0.15, 0.2) is 18.5 Å². The van der Waals surface area contributed by atoms with E-state index in [2.05, 4.69) is 20.3 Å². The second-order valence-corrected chi connectivity index (χ2v) is 5.72. The zero-order chi connectivity index (χ0) is 16.8. The zero-order valence-corrected chi connectivity index (χ0v) is 13.8. The van der Waals surface area contributed by atoms with Crippen molar-refractivity contribution >= 4 is 22.8 Å². The largest absolute Gasteiger partial charge is 0.347 e. The summed E-state index contributed by atoms with van der Waals surface area (Å²) in [7, 11) is 3.39. The van der Waals surface area contributed by atoms with Gasteiger partial charge in [-0.3, -0.25) is 14.6 Å². The summed E-state index contributed by atoms with van der Waals surface area (Å²) in [6.07, 6.45) is 5.64. The minimum Gasteiger partial charge on any atom is -0.347 e. The van der Waals surface area contributed by atoms with Gasteiger partial charge in [0.1, 0.15) is 11.9 Å². The molecule has 0 saturated heterocycles. The minimum absolute atomic E-state index is 0.0741. The monoisotopic (exact) mass is 317 g/mol. The maximum Gasteiger partial charge on any atom is 0.244 e. The Hall–Kier alpha value is -2.44. The average molecular weight is 317 g/mol. The van der Waals surface area contributed by atoms with Crippen molar-refractivity contribution in [3.63, 3.8) is 0 Å². The highest BCUT2D eigenvalue weighted by atomic mass is 16.2. The number of H-pyrrole nitrogens is 1. The highest BCUT2D eigenvalue weighted by molar-refractivity contribution is 5.87. The molecule has 0 saturated carbocycles. The quantitative estimate of drug-likeness (QED) is 0.804. The van der Waals surface area contributed by atoms with Crippen molar-refractivity contribution < 1.29 is 9.59 Å². The number of pyridine rings is 1. The Bertz CT molecular complexity index is 647. The van der Waals surface area contributed by atoms with Crippen LogP contribution in [0.4, 0.5) is 0 Å². The number of carbonyl (C=O) groups excluding carboxylic acids is 2. The number of likely N-dealkylation sites (N-methyl/N-ethyl adjacent to an activating group) is 1. The summed E-state index contributed by atoms with van der Waals surface area (Å²) in [4.78, 5) is 37.2. The van der Waals surface area contributed by atoms with Crippen LogP contribution < -0.4 is 5.32 Å². The Morgan fingerprint density at radius 2 is 2.17 bits per heavy atom. The molecule has 0 aliphatic rings. The van der Waals surface area contributed by atoms with E-state index in [0.29, 0.717) is 12.8 Å². The maximum absolute atomic E-state index is 12.1. The predicted molar refractivity (Wildman–Crippen MR) is 87.7 cm³/mol. The molecule has 1 atom stereocenters. The van der Waals surface area contributed by atoms with Gasteiger partial charge in [0.2, 0.25) is 11.8 Å². The molecule has 2 aromatic heterocycles. The van der Waals surface area contributed by atoms with Crippen molar-refractivity contribution in [2.24, 2.45) is 0 Å². The van der Waals surface area contributed by atoms with E-state index >= 15 is 0 Å². The summed E-state index contributed by atoms with van der Waals surface area (Å²) < 4.78 is 0. The zero-order valence-electron chi connectivity index (χ0n) is 13.8.